The first-order valence-electron chi connectivity index (χ1n) is 4.63. The Kier molecular flexibility index (Phi) is 2.92. The van der Waals surface area contributed by atoms with E-state index in [9.17, 15) is 0 Å². The van der Waals surface area contributed by atoms with E-state index in [1.165, 1.54) is 6.20 Å². The average molecular weight is 236 g/mol. The zero-order valence-corrected chi connectivity index (χ0v) is 9.40. The van der Waals surface area contributed by atoms with E-state index in [1.54, 1.807) is 7.11 Å². The summed E-state index contributed by atoms with van der Waals surface area (Å²) in [5, 5.41) is 0.472. The van der Waals surface area contributed by atoms with Crippen molar-refractivity contribution < 1.29 is 4.74 Å². The Morgan fingerprint density at radius 1 is 1.25 bits per heavy atom. The number of rotatable bonds is 2. The quantitative estimate of drug-likeness (QED) is 0.868. The molecule has 0 aliphatic rings. The number of nitrogens with zero attached hydrogens (tertiary/aromatic N) is 2. The number of ether oxygens (including phenoxy) is 1. The molecule has 5 heteroatoms. The normalized spacial score (nSPS) is 10.1. The summed E-state index contributed by atoms with van der Waals surface area (Å²) in [5.41, 5.74) is 7.01. The number of hydrogen-bond acceptors (Lipinski definition) is 4. The van der Waals surface area contributed by atoms with Crippen molar-refractivity contribution in [2.45, 2.75) is 0 Å². The molecule has 0 unspecified atom stereocenters. The second-order valence-electron chi connectivity index (χ2n) is 3.15. The molecular weight excluding hydrogens is 226 g/mol. The average Bonchev–Trinajstić information content (AvgIpc) is 2.32. The summed E-state index contributed by atoms with van der Waals surface area (Å²) in [6.07, 6.45) is 1.49. The lowest BCUT2D eigenvalue weighted by Gasteiger charge is -2.05. The Morgan fingerprint density at radius 2 is 1.94 bits per heavy atom. The van der Waals surface area contributed by atoms with Crippen LogP contribution in [-0.4, -0.2) is 17.1 Å². The van der Waals surface area contributed by atoms with Crippen LogP contribution < -0.4 is 10.5 Å². The van der Waals surface area contributed by atoms with E-state index in [-0.39, 0.29) is 5.95 Å². The minimum atomic E-state index is 0.204. The van der Waals surface area contributed by atoms with Crippen LogP contribution in [0.4, 0.5) is 5.95 Å². The molecule has 4 nitrogen and oxygen atoms in total. The number of halogens is 1. The monoisotopic (exact) mass is 235 g/mol. The van der Waals surface area contributed by atoms with Crippen LogP contribution in [0, 0.1) is 0 Å². The van der Waals surface area contributed by atoms with Gasteiger partial charge in [0.1, 0.15) is 5.75 Å². The van der Waals surface area contributed by atoms with Gasteiger partial charge in [-0.25, -0.2) is 9.97 Å². The van der Waals surface area contributed by atoms with Crippen molar-refractivity contribution in [3.8, 4) is 17.0 Å². The summed E-state index contributed by atoms with van der Waals surface area (Å²) in [7, 11) is 1.62. The zero-order valence-electron chi connectivity index (χ0n) is 8.64. The van der Waals surface area contributed by atoms with Gasteiger partial charge in [0.25, 0.3) is 0 Å². The van der Waals surface area contributed by atoms with Crippen molar-refractivity contribution in [2.24, 2.45) is 0 Å². The lowest BCUT2D eigenvalue weighted by Crippen LogP contribution is -1.96. The number of hydrogen-bond donors (Lipinski definition) is 1. The highest BCUT2D eigenvalue weighted by atomic mass is 35.5. The highest BCUT2D eigenvalue weighted by Crippen LogP contribution is 2.26. The number of nitrogens with two attached hydrogens (primary N) is 1. The molecule has 2 rings (SSSR count). The van der Waals surface area contributed by atoms with E-state index in [4.69, 9.17) is 22.1 Å². The molecule has 0 amide bonds. The summed E-state index contributed by atoms with van der Waals surface area (Å²) in [5.74, 6) is 0.983. The number of benzene rings is 1. The molecular formula is C11H10ClN3O. The highest BCUT2D eigenvalue weighted by Gasteiger charge is 2.06. The van der Waals surface area contributed by atoms with Gasteiger partial charge >= 0.3 is 0 Å². The molecule has 1 aromatic carbocycles. The fraction of sp³-hybridized carbons (Fsp3) is 0.0909. The molecule has 0 fully saturated rings. The van der Waals surface area contributed by atoms with E-state index in [2.05, 4.69) is 9.97 Å². The van der Waals surface area contributed by atoms with Gasteiger partial charge in [0.2, 0.25) is 5.95 Å². The van der Waals surface area contributed by atoms with Crippen LogP contribution in [0.5, 0.6) is 5.75 Å². The van der Waals surface area contributed by atoms with E-state index in [1.807, 2.05) is 24.3 Å². The van der Waals surface area contributed by atoms with Crippen LogP contribution in [0.15, 0.2) is 30.5 Å². The van der Waals surface area contributed by atoms with Crippen molar-refractivity contribution in [2.75, 3.05) is 12.8 Å². The van der Waals surface area contributed by atoms with E-state index in [0.717, 1.165) is 11.3 Å². The predicted molar refractivity (Wildman–Crippen MR) is 63.4 cm³/mol. The predicted octanol–water partition coefficient (Wildman–Crippen LogP) is 2.39. The molecule has 82 valence electrons. The number of aromatic nitrogens is 2. The summed E-state index contributed by atoms with van der Waals surface area (Å²) in [4.78, 5) is 7.90. The lowest BCUT2D eigenvalue weighted by molar-refractivity contribution is 0.415. The maximum Gasteiger partial charge on any atom is 0.220 e. The molecule has 0 spiro atoms. The largest absolute Gasteiger partial charge is 0.497 e. The van der Waals surface area contributed by atoms with Crippen molar-refractivity contribution in [1.82, 2.24) is 9.97 Å². The van der Waals surface area contributed by atoms with Crippen LogP contribution in [0.2, 0.25) is 5.02 Å². The Balaban J connectivity index is 2.45. The Bertz CT molecular complexity index is 499. The molecule has 2 N–H and O–H groups in total. The van der Waals surface area contributed by atoms with Gasteiger partial charge in [-0.1, -0.05) is 11.6 Å². The summed E-state index contributed by atoms with van der Waals surface area (Å²) in [6, 6.07) is 7.41. The van der Waals surface area contributed by atoms with Crippen molar-refractivity contribution in [3.63, 3.8) is 0 Å². The van der Waals surface area contributed by atoms with E-state index < -0.39 is 0 Å². The van der Waals surface area contributed by atoms with Crippen molar-refractivity contribution in [3.05, 3.63) is 35.5 Å². The smallest absolute Gasteiger partial charge is 0.220 e. The van der Waals surface area contributed by atoms with E-state index in [0.29, 0.717) is 10.7 Å². The molecule has 0 atom stereocenters. The SMILES string of the molecule is COc1ccc(-c2nc(N)ncc2Cl)cc1. The first-order valence-corrected chi connectivity index (χ1v) is 5.01. The third-order valence-corrected chi connectivity index (χ3v) is 2.40. The van der Waals surface area contributed by atoms with Crippen molar-refractivity contribution in [1.29, 1.82) is 0 Å². The summed E-state index contributed by atoms with van der Waals surface area (Å²) < 4.78 is 5.07. The molecule has 0 saturated heterocycles. The maximum absolute atomic E-state index is 5.99. The number of anilines is 1. The van der Waals surface area contributed by atoms with Crippen LogP contribution in [-0.2, 0) is 0 Å². The molecule has 2 aromatic rings. The first-order chi connectivity index (χ1) is 7.70. The standard InChI is InChI=1S/C11H10ClN3O/c1-16-8-4-2-7(3-5-8)10-9(12)6-14-11(13)15-10/h2-6H,1H3,(H2,13,14,15). The molecule has 0 bridgehead atoms. The van der Waals surface area contributed by atoms with Gasteiger partial charge in [0.15, 0.2) is 0 Å². The third-order valence-electron chi connectivity index (χ3n) is 2.13. The molecule has 1 aromatic heterocycles. The maximum atomic E-state index is 5.99. The third kappa shape index (κ3) is 2.06. The number of methoxy groups -OCH3 is 1. The Labute approximate surface area is 98.0 Å². The molecule has 0 aliphatic heterocycles. The fourth-order valence-electron chi connectivity index (χ4n) is 1.33. The number of nitrogen functional groups attached to an aromatic ring is 1. The minimum absolute atomic E-state index is 0.204. The van der Waals surface area contributed by atoms with E-state index >= 15 is 0 Å². The summed E-state index contributed by atoms with van der Waals surface area (Å²) >= 11 is 5.99. The highest BCUT2D eigenvalue weighted by molar-refractivity contribution is 6.32. The van der Waals surface area contributed by atoms with Crippen molar-refractivity contribution >= 4 is 17.5 Å². The van der Waals surface area contributed by atoms with Gasteiger partial charge in [-0.05, 0) is 24.3 Å². The molecule has 0 saturated carbocycles. The van der Waals surface area contributed by atoms with Gasteiger partial charge in [-0.3, -0.25) is 0 Å². The Hall–Kier alpha value is -1.81. The topological polar surface area (TPSA) is 61.0 Å². The lowest BCUT2D eigenvalue weighted by atomic mass is 10.1. The molecule has 0 radical (unpaired) electrons. The second-order valence-corrected chi connectivity index (χ2v) is 3.56. The fourth-order valence-corrected chi connectivity index (χ4v) is 1.53. The summed E-state index contributed by atoms with van der Waals surface area (Å²) in [6.45, 7) is 0. The first kappa shape index (κ1) is 10.7. The van der Waals surface area contributed by atoms with Crippen LogP contribution in [0.1, 0.15) is 0 Å². The molecule has 1 heterocycles. The Morgan fingerprint density at radius 3 is 2.56 bits per heavy atom. The van der Waals surface area contributed by atoms with Gasteiger partial charge < -0.3 is 10.5 Å². The molecule has 16 heavy (non-hydrogen) atoms. The van der Waals surface area contributed by atoms with Crippen LogP contribution in [0.25, 0.3) is 11.3 Å². The van der Waals surface area contributed by atoms with Gasteiger partial charge in [0, 0.05) is 5.56 Å². The minimum Gasteiger partial charge on any atom is -0.497 e. The van der Waals surface area contributed by atoms with Gasteiger partial charge in [-0.2, -0.15) is 0 Å². The second kappa shape index (κ2) is 4.37. The zero-order chi connectivity index (χ0) is 11.5. The van der Waals surface area contributed by atoms with Gasteiger partial charge in [0.05, 0.1) is 24.0 Å². The van der Waals surface area contributed by atoms with Crippen LogP contribution in [0.3, 0.4) is 0 Å². The van der Waals surface area contributed by atoms with Gasteiger partial charge in [-0.15, -0.1) is 0 Å². The molecule has 0 aliphatic carbocycles. The van der Waals surface area contributed by atoms with Crippen LogP contribution >= 0.6 is 11.6 Å².